The number of carbonyl (C=O) groups excluding carboxylic acids is 1. The molecule has 3 rings (SSSR count). The highest BCUT2D eigenvalue weighted by Gasteiger charge is 2.57. The van der Waals surface area contributed by atoms with Crippen molar-refractivity contribution < 1.29 is 13.2 Å². The SMILES string of the molecule is O=C1N(C2CCCS(=O)(=O)C2)CNC12CC2. The summed E-state index contributed by atoms with van der Waals surface area (Å²) in [5.74, 6) is 0.551. The summed E-state index contributed by atoms with van der Waals surface area (Å²) in [7, 11) is -2.93. The van der Waals surface area contributed by atoms with Crippen molar-refractivity contribution in [1.82, 2.24) is 10.2 Å². The van der Waals surface area contributed by atoms with E-state index in [1.165, 1.54) is 0 Å². The van der Waals surface area contributed by atoms with Gasteiger partial charge in [-0.1, -0.05) is 0 Å². The molecule has 1 unspecified atom stereocenters. The Bertz CT molecular complexity index is 427. The average Bonchev–Trinajstić information content (AvgIpc) is 2.90. The van der Waals surface area contributed by atoms with Gasteiger partial charge in [0.15, 0.2) is 9.84 Å². The fourth-order valence-corrected chi connectivity index (χ4v) is 4.42. The number of hydrogen-bond acceptors (Lipinski definition) is 4. The smallest absolute Gasteiger partial charge is 0.244 e. The first-order valence-electron chi connectivity index (χ1n) is 5.79. The van der Waals surface area contributed by atoms with Crippen LogP contribution in [-0.2, 0) is 14.6 Å². The summed E-state index contributed by atoms with van der Waals surface area (Å²) in [5, 5.41) is 3.21. The average molecular weight is 244 g/mol. The maximum atomic E-state index is 12.1. The lowest BCUT2D eigenvalue weighted by molar-refractivity contribution is -0.131. The normalized spacial score (nSPS) is 35.6. The van der Waals surface area contributed by atoms with Crippen LogP contribution in [0.15, 0.2) is 0 Å². The second-order valence-corrected chi connectivity index (χ2v) is 7.33. The summed E-state index contributed by atoms with van der Waals surface area (Å²) >= 11 is 0. The summed E-state index contributed by atoms with van der Waals surface area (Å²) in [6.45, 7) is 0.527. The molecule has 1 atom stereocenters. The Morgan fingerprint density at radius 2 is 2.12 bits per heavy atom. The van der Waals surface area contributed by atoms with Gasteiger partial charge in [0.25, 0.3) is 0 Å². The molecule has 2 saturated heterocycles. The number of sulfone groups is 1. The Morgan fingerprint density at radius 3 is 2.69 bits per heavy atom. The molecule has 0 aromatic heterocycles. The van der Waals surface area contributed by atoms with Gasteiger partial charge >= 0.3 is 0 Å². The maximum Gasteiger partial charge on any atom is 0.244 e. The first-order chi connectivity index (χ1) is 7.53. The minimum Gasteiger partial charge on any atom is -0.324 e. The van der Waals surface area contributed by atoms with E-state index in [1.54, 1.807) is 4.90 Å². The predicted octanol–water partition coefficient (Wildman–Crippen LogP) is -0.514. The van der Waals surface area contributed by atoms with Crippen molar-refractivity contribution in [2.75, 3.05) is 18.2 Å². The predicted molar refractivity (Wildman–Crippen MR) is 58.5 cm³/mol. The van der Waals surface area contributed by atoms with Crippen molar-refractivity contribution in [2.24, 2.45) is 0 Å². The minimum absolute atomic E-state index is 0.0984. The maximum absolute atomic E-state index is 12.1. The summed E-state index contributed by atoms with van der Waals surface area (Å²) in [6.07, 6.45) is 3.32. The van der Waals surface area contributed by atoms with Gasteiger partial charge in [-0.2, -0.15) is 0 Å². The third-order valence-corrected chi connectivity index (χ3v) is 5.69. The first kappa shape index (κ1) is 10.5. The highest BCUT2D eigenvalue weighted by molar-refractivity contribution is 7.91. The van der Waals surface area contributed by atoms with Crippen LogP contribution in [0.25, 0.3) is 0 Å². The summed E-state index contributed by atoms with van der Waals surface area (Å²) in [4.78, 5) is 13.8. The molecule has 1 spiro atoms. The molecule has 1 N–H and O–H groups in total. The van der Waals surface area contributed by atoms with Gasteiger partial charge in [0.2, 0.25) is 5.91 Å². The van der Waals surface area contributed by atoms with Crippen LogP contribution in [0, 0.1) is 0 Å². The van der Waals surface area contributed by atoms with Gasteiger partial charge in [0.1, 0.15) is 0 Å². The fourth-order valence-electron chi connectivity index (χ4n) is 2.71. The van der Waals surface area contributed by atoms with E-state index in [1.807, 2.05) is 0 Å². The van der Waals surface area contributed by atoms with Crippen molar-refractivity contribution in [1.29, 1.82) is 0 Å². The number of amides is 1. The molecule has 0 radical (unpaired) electrons. The molecule has 1 amide bonds. The van der Waals surface area contributed by atoms with Crippen LogP contribution in [0.2, 0.25) is 0 Å². The van der Waals surface area contributed by atoms with E-state index in [2.05, 4.69) is 5.32 Å². The highest BCUT2D eigenvalue weighted by atomic mass is 32.2. The number of hydrogen-bond donors (Lipinski definition) is 1. The van der Waals surface area contributed by atoms with Crippen LogP contribution in [0.1, 0.15) is 25.7 Å². The number of nitrogens with zero attached hydrogens (tertiary/aromatic N) is 1. The fraction of sp³-hybridized carbons (Fsp3) is 0.900. The van der Waals surface area contributed by atoms with Gasteiger partial charge in [0.05, 0.1) is 23.7 Å². The zero-order valence-corrected chi connectivity index (χ0v) is 9.92. The minimum atomic E-state index is -2.93. The molecule has 0 aromatic carbocycles. The van der Waals surface area contributed by atoms with Crippen LogP contribution in [0.3, 0.4) is 0 Å². The Morgan fingerprint density at radius 1 is 1.38 bits per heavy atom. The Hall–Kier alpha value is -0.620. The third kappa shape index (κ3) is 1.55. The lowest BCUT2D eigenvalue weighted by Gasteiger charge is -2.30. The molecule has 6 heteroatoms. The molecule has 1 saturated carbocycles. The van der Waals surface area contributed by atoms with E-state index < -0.39 is 9.84 Å². The van der Waals surface area contributed by atoms with E-state index in [4.69, 9.17) is 0 Å². The molecule has 3 fully saturated rings. The van der Waals surface area contributed by atoms with Crippen molar-refractivity contribution in [2.45, 2.75) is 37.3 Å². The van der Waals surface area contributed by atoms with Crippen LogP contribution >= 0.6 is 0 Å². The van der Waals surface area contributed by atoms with Gasteiger partial charge in [-0.25, -0.2) is 8.42 Å². The van der Waals surface area contributed by atoms with E-state index in [0.29, 0.717) is 13.1 Å². The van der Waals surface area contributed by atoms with Crippen LogP contribution in [0.5, 0.6) is 0 Å². The number of nitrogens with one attached hydrogen (secondary N) is 1. The van der Waals surface area contributed by atoms with E-state index >= 15 is 0 Å². The Labute approximate surface area is 95.1 Å². The quantitative estimate of drug-likeness (QED) is 0.674. The second kappa shape index (κ2) is 3.20. The van der Waals surface area contributed by atoms with E-state index in [9.17, 15) is 13.2 Å². The van der Waals surface area contributed by atoms with E-state index in [0.717, 1.165) is 19.3 Å². The summed E-state index contributed by atoms with van der Waals surface area (Å²) in [6, 6.07) is -0.0984. The summed E-state index contributed by atoms with van der Waals surface area (Å²) in [5.41, 5.74) is -0.304. The highest BCUT2D eigenvalue weighted by Crippen LogP contribution is 2.41. The molecular weight excluding hydrogens is 228 g/mol. The van der Waals surface area contributed by atoms with Gasteiger partial charge in [0, 0.05) is 6.04 Å². The number of carbonyl (C=O) groups is 1. The first-order valence-corrected chi connectivity index (χ1v) is 7.61. The monoisotopic (exact) mass is 244 g/mol. The standard InChI is InChI=1S/C10H16N2O3S/c13-9-10(3-4-10)11-7-12(9)8-2-1-5-16(14,15)6-8/h8,11H,1-7H2. The van der Waals surface area contributed by atoms with Crippen LogP contribution < -0.4 is 5.32 Å². The van der Waals surface area contributed by atoms with Crippen molar-refractivity contribution in [3.05, 3.63) is 0 Å². The molecule has 2 aliphatic heterocycles. The lowest BCUT2D eigenvalue weighted by Crippen LogP contribution is -2.45. The van der Waals surface area contributed by atoms with Gasteiger partial charge in [-0.15, -0.1) is 0 Å². The van der Waals surface area contributed by atoms with E-state index in [-0.39, 0.29) is 29.0 Å². The zero-order valence-electron chi connectivity index (χ0n) is 9.11. The molecule has 2 heterocycles. The molecule has 3 aliphatic rings. The Kier molecular flexibility index (Phi) is 2.10. The van der Waals surface area contributed by atoms with Crippen molar-refractivity contribution >= 4 is 15.7 Å². The van der Waals surface area contributed by atoms with Gasteiger partial charge in [-0.05, 0) is 25.7 Å². The third-order valence-electron chi connectivity index (χ3n) is 3.89. The lowest BCUT2D eigenvalue weighted by atomic mass is 10.1. The molecular formula is C10H16N2O3S. The van der Waals surface area contributed by atoms with Gasteiger partial charge < -0.3 is 4.90 Å². The van der Waals surface area contributed by atoms with Crippen LogP contribution in [0.4, 0.5) is 0 Å². The van der Waals surface area contributed by atoms with Crippen molar-refractivity contribution in [3.63, 3.8) is 0 Å². The molecule has 0 bridgehead atoms. The van der Waals surface area contributed by atoms with Crippen LogP contribution in [-0.4, -0.2) is 49.0 Å². The molecule has 16 heavy (non-hydrogen) atoms. The largest absolute Gasteiger partial charge is 0.324 e. The van der Waals surface area contributed by atoms with Gasteiger partial charge in [-0.3, -0.25) is 10.1 Å². The number of rotatable bonds is 1. The topological polar surface area (TPSA) is 66.5 Å². The van der Waals surface area contributed by atoms with Crippen molar-refractivity contribution in [3.8, 4) is 0 Å². The molecule has 5 nitrogen and oxygen atoms in total. The second-order valence-electron chi connectivity index (χ2n) is 5.10. The Balaban J connectivity index is 1.76. The molecule has 0 aromatic rings. The summed E-state index contributed by atoms with van der Waals surface area (Å²) < 4.78 is 23.1. The molecule has 90 valence electrons. The molecule has 1 aliphatic carbocycles. The zero-order chi connectivity index (χ0) is 11.4.